The number of rotatable bonds is 17. The Balaban J connectivity index is 1.46. The van der Waals surface area contributed by atoms with Crippen LogP contribution in [0.15, 0.2) is 29.4 Å². The number of piperidine rings is 1. The Hall–Kier alpha value is -3.06. The maximum Gasteiger partial charge on any atom is 0.407 e. The van der Waals surface area contributed by atoms with E-state index in [-0.39, 0.29) is 36.4 Å². The van der Waals surface area contributed by atoms with Crippen LogP contribution < -0.4 is 9.64 Å². The lowest BCUT2D eigenvalue weighted by Gasteiger charge is -2.38. The molecule has 2 saturated heterocycles. The molecule has 2 aliphatic heterocycles. The highest BCUT2D eigenvalue weighted by molar-refractivity contribution is 7.91. The van der Waals surface area contributed by atoms with E-state index in [0.717, 1.165) is 30.5 Å². The van der Waals surface area contributed by atoms with E-state index < -0.39 is 32.1 Å². The summed E-state index contributed by atoms with van der Waals surface area (Å²) < 4.78 is 48.2. The van der Waals surface area contributed by atoms with Crippen LogP contribution in [0.2, 0.25) is 51.4 Å². The van der Waals surface area contributed by atoms with Gasteiger partial charge in [0.2, 0.25) is 5.88 Å². The van der Waals surface area contributed by atoms with Crippen molar-refractivity contribution >= 4 is 43.5 Å². The zero-order chi connectivity index (χ0) is 37.4. The van der Waals surface area contributed by atoms with E-state index in [4.69, 9.17) is 24.3 Å². The normalized spacial score (nSPS) is 20.8. The molecule has 2 bridgehead atoms. The van der Waals surface area contributed by atoms with Gasteiger partial charge in [0.25, 0.3) is 0 Å². The summed E-state index contributed by atoms with van der Waals surface area (Å²) in [6, 6.07) is 5.29. The van der Waals surface area contributed by atoms with Crippen molar-refractivity contribution in [3.05, 3.63) is 30.2 Å². The number of aromatic nitrogens is 4. The average molecular weight is 773 g/mol. The van der Waals surface area contributed by atoms with Crippen molar-refractivity contribution in [1.82, 2.24) is 24.5 Å². The highest BCUT2D eigenvalue weighted by Gasteiger charge is 2.46. The number of hydrogen-bond donors (Lipinski definition) is 1. The molecule has 5 heterocycles. The summed E-state index contributed by atoms with van der Waals surface area (Å²) in [5.74, 6) is 1.23. The molecule has 1 N–H and O–H groups in total. The summed E-state index contributed by atoms with van der Waals surface area (Å²) >= 11 is 0. The van der Waals surface area contributed by atoms with Crippen LogP contribution in [-0.2, 0) is 19.3 Å². The average Bonchev–Trinajstić information content (AvgIpc) is 3.72. The lowest BCUT2D eigenvalue weighted by Crippen LogP contribution is -2.45. The van der Waals surface area contributed by atoms with Gasteiger partial charge in [-0.2, -0.15) is 9.61 Å². The van der Waals surface area contributed by atoms with Gasteiger partial charge in [0.15, 0.2) is 21.3 Å². The molecule has 13 nitrogen and oxygen atoms in total. The van der Waals surface area contributed by atoms with E-state index in [1.807, 2.05) is 17.0 Å². The number of pyridine rings is 1. The molecule has 286 valence electrons. The minimum atomic E-state index is -3.89. The van der Waals surface area contributed by atoms with Crippen molar-refractivity contribution in [2.45, 2.75) is 113 Å². The molecule has 0 spiro atoms. The maximum atomic E-state index is 14.1. The predicted octanol–water partition coefficient (Wildman–Crippen LogP) is 6.80. The fourth-order valence-corrected chi connectivity index (χ4v) is 9.84. The number of hydrogen-bond acceptors (Lipinski definition) is 10. The molecule has 3 aromatic rings. The molecule has 1 saturated carbocycles. The van der Waals surface area contributed by atoms with Gasteiger partial charge in [-0.3, -0.25) is 0 Å². The van der Waals surface area contributed by atoms with Crippen LogP contribution >= 0.6 is 0 Å². The first-order chi connectivity index (χ1) is 24.5. The first-order valence-corrected chi connectivity index (χ1v) is 27.9. The van der Waals surface area contributed by atoms with Gasteiger partial charge in [-0.25, -0.2) is 23.2 Å². The number of sulfone groups is 1. The number of amides is 1. The molecule has 1 aliphatic carbocycles. The number of ether oxygens (including phenoxy) is 3. The summed E-state index contributed by atoms with van der Waals surface area (Å²) in [6.07, 6.45) is 8.59. The Morgan fingerprint density at radius 3 is 2.06 bits per heavy atom. The fraction of sp³-hybridized carbons (Fsp3) is 0.667. The van der Waals surface area contributed by atoms with Gasteiger partial charge >= 0.3 is 6.09 Å². The Kier molecular flexibility index (Phi) is 11.4. The zero-order valence-electron chi connectivity index (χ0n) is 31.8. The second kappa shape index (κ2) is 15.4. The minimum absolute atomic E-state index is 0.0902. The van der Waals surface area contributed by atoms with Crippen LogP contribution in [0, 0.1) is 5.92 Å². The Morgan fingerprint density at radius 1 is 0.942 bits per heavy atom. The number of carbonyl (C=O) groups is 1. The molecule has 52 heavy (non-hydrogen) atoms. The molecule has 1 amide bonds. The molecule has 0 aromatic carbocycles. The first-order valence-electron chi connectivity index (χ1n) is 18.6. The number of carboxylic acid groups (broad SMARTS) is 1. The van der Waals surface area contributed by atoms with Crippen LogP contribution in [-0.4, -0.2) is 112 Å². The Morgan fingerprint density at radius 2 is 1.56 bits per heavy atom. The van der Waals surface area contributed by atoms with E-state index in [0.29, 0.717) is 67.2 Å². The summed E-state index contributed by atoms with van der Waals surface area (Å²) in [5.41, 5.74) is 2.41. The molecule has 2 unspecified atom stereocenters. The highest BCUT2D eigenvalue weighted by Crippen LogP contribution is 2.46. The van der Waals surface area contributed by atoms with Crippen LogP contribution in [0.5, 0.6) is 5.88 Å². The van der Waals surface area contributed by atoms with Crippen molar-refractivity contribution in [3.63, 3.8) is 0 Å². The molecule has 3 fully saturated rings. The molecule has 6 rings (SSSR count). The van der Waals surface area contributed by atoms with Crippen LogP contribution in [0.25, 0.3) is 16.8 Å². The molecule has 2 atom stereocenters. The molecule has 0 radical (unpaired) electrons. The quantitative estimate of drug-likeness (QED) is 0.0877. The third-order valence-electron chi connectivity index (χ3n) is 10.3. The van der Waals surface area contributed by atoms with Gasteiger partial charge in [-0.05, 0) is 62.6 Å². The van der Waals surface area contributed by atoms with Crippen molar-refractivity contribution < 1.29 is 32.5 Å². The summed E-state index contributed by atoms with van der Waals surface area (Å²) in [6.45, 7) is 15.7. The molecule has 3 aromatic heterocycles. The van der Waals surface area contributed by atoms with Gasteiger partial charge < -0.3 is 29.1 Å². The first kappa shape index (κ1) is 38.7. The number of nitrogens with zero attached hydrogens (tertiary/aromatic N) is 6. The van der Waals surface area contributed by atoms with Crippen LogP contribution in [0.3, 0.4) is 0 Å². The molecular formula is C36H56N6O7SSi2. The third-order valence-corrected chi connectivity index (χ3v) is 14.9. The second-order valence-electron chi connectivity index (χ2n) is 17.3. The molecular weight excluding hydrogens is 717 g/mol. The summed E-state index contributed by atoms with van der Waals surface area (Å²) in [5, 5.41) is 14.8. The Bertz CT molecular complexity index is 1800. The van der Waals surface area contributed by atoms with E-state index in [1.54, 1.807) is 21.8 Å². The minimum Gasteiger partial charge on any atom is -0.477 e. The van der Waals surface area contributed by atoms with Gasteiger partial charge in [0, 0.05) is 77.0 Å². The molecule has 16 heteroatoms. The van der Waals surface area contributed by atoms with Gasteiger partial charge in [-0.1, -0.05) is 39.3 Å². The number of fused-ring (bicyclic) bond motifs is 3. The van der Waals surface area contributed by atoms with Crippen LogP contribution in [0.1, 0.15) is 50.1 Å². The van der Waals surface area contributed by atoms with E-state index in [1.165, 1.54) is 19.1 Å². The smallest absolute Gasteiger partial charge is 0.407 e. The summed E-state index contributed by atoms with van der Waals surface area (Å²) in [7, 11) is -6.69. The van der Waals surface area contributed by atoms with E-state index in [2.05, 4.69) is 44.3 Å². The van der Waals surface area contributed by atoms with Crippen LogP contribution in [0.4, 0.5) is 10.6 Å². The zero-order valence-corrected chi connectivity index (χ0v) is 34.6. The Labute approximate surface area is 310 Å². The lowest BCUT2D eigenvalue weighted by atomic mass is 9.88. The third kappa shape index (κ3) is 9.35. The number of anilines is 1. The largest absolute Gasteiger partial charge is 0.477 e. The van der Waals surface area contributed by atoms with Crippen molar-refractivity contribution in [2.75, 3.05) is 44.4 Å². The monoisotopic (exact) mass is 772 g/mol. The lowest BCUT2D eigenvalue weighted by molar-refractivity contribution is 0.0925. The van der Waals surface area contributed by atoms with Gasteiger partial charge in [0.1, 0.15) is 18.4 Å². The second-order valence-corrected chi connectivity index (χ2v) is 30.5. The molecule has 3 aliphatic rings. The standard InChI is InChI=1S/C36H56N6O7SSi2/c1-50(45,46)33-32(27-18-28-11-12-29(19-27)41(28)36(43)44)39-34-30(26-10-13-31(37-20-26)49-22-25-8-9-25)21-38-42(34)35(33)40(23-47-14-16-51(2,3)4)24-48-15-17-52(5,6)7/h10,13,20-21,25,27-29H,8-9,11-12,14-19,22-24H2,1-7H3,(H,43,44). The van der Waals surface area contributed by atoms with Crippen molar-refractivity contribution in [1.29, 1.82) is 0 Å². The fourth-order valence-electron chi connectivity index (χ4n) is 7.18. The van der Waals surface area contributed by atoms with Gasteiger partial charge in [-0.15, -0.1) is 0 Å². The topological polar surface area (TPSA) is 149 Å². The maximum absolute atomic E-state index is 14.1. The van der Waals surface area contributed by atoms with E-state index >= 15 is 0 Å². The van der Waals surface area contributed by atoms with Gasteiger partial charge in [0.05, 0.1) is 18.5 Å². The highest BCUT2D eigenvalue weighted by atomic mass is 32.2. The predicted molar refractivity (Wildman–Crippen MR) is 207 cm³/mol. The van der Waals surface area contributed by atoms with Crippen molar-refractivity contribution in [3.8, 4) is 17.0 Å². The summed E-state index contributed by atoms with van der Waals surface area (Å²) in [4.78, 5) is 25.4. The van der Waals surface area contributed by atoms with E-state index in [9.17, 15) is 18.3 Å². The SMILES string of the molecule is C[Si](C)(C)CCOCN(COCC[Si](C)(C)C)c1c(S(C)(=O)=O)c(C2CC3CCC(C2)N3C(=O)O)nc2c(-c3ccc(OCC4CC4)nc3)cnn12. The van der Waals surface area contributed by atoms with Crippen molar-refractivity contribution in [2.24, 2.45) is 5.92 Å².